The average molecular weight is 352 g/mol. The van der Waals surface area contributed by atoms with E-state index in [1.807, 2.05) is 0 Å². The Morgan fingerprint density at radius 3 is 2.75 bits per heavy atom. The van der Waals surface area contributed by atoms with Gasteiger partial charge in [-0.2, -0.15) is 0 Å². The largest absolute Gasteiger partial charge is 0.481 e. The Balaban J connectivity index is 1.82. The number of likely N-dealkylation sites (tertiary alicyclic amines) is 1. The third-order valence-corrected chi connectivity index (χ3v) is 4.72. The highest BCUT2D eigenvalue weighted by molar-refractivity contribution is 6.34. The van der Waals surface area contributed by atoms with E-state index in [1.54, 1.807) is 23.1 Å². The van der Waals surface area contributed by atoms with Crippen LogP contribution in [0.1, 0.15) is 23.2 Å². The van der Waals surface area contributed by atoms with Crippen LogP contribution in [-0.4, -0.2) is 54.1 Å². The van der Waals surface area contributed by atoms with Crippen LogP contribution in [0, 0.1) is 5.92 Å². The molecule has 0 aromatic heterocycles. The first-order valence-corrected chi connectivity index (χ1v) is 8.22. The monoisotopic (exact) mass is 351 g/mol. The van der Waals surface area contributed by atoms with Crippen molar-refractivity contribution in [1.82, 2.24) is 10.2 Å². The molecule has 7 nitrogen and oxygen atoms in total. The van der Waals surface area contributed by atoms with Crippen LogP contribution in [0.25, 0.3) is 0 Å². The number of urea groups is 1. The fourth-order valence-electron chi connectivity index (χ4n) is 3.10. The van der Waals surface area contributed by atoms with E-state index in [9.17, 15) is 14.4 Å². The van der Waals surface area contributed by atoms with E-state index in [0.717, 1.165) is 0 Å². The molecule has 24 heavy (non-hydrogen) atoms. The van der Waals surface area contributed by atoms with Gasteiger partial charge in [-0.3, -0.25) is 14.5 Å². The molecule has 0 radical (unpaired) electrons. The van der Waals surface area contributed by atoms with Gasteiger partial charge < -0.3 is 15.3 Å². The zero-order valence-electron chi connectivity index (χ0n) is 13.0. The third kappa shape index (κ3) is 3.17. The Labute approximate surface area is 144 Å². The summed E-state index contributed by atoms with van der Waals surface area (Å²) in [5.74, 6) is -1.64. The summed E-state index contributed by atoms with van der Waals surface area (Å²) < 4.78 is 0. The van der Waals surface area contributed by atoms with Gasteiger partial charge in [-0.25, -0.2) is 4.79 Å². The number of carboxylic acids is 1. The molecule has 128 valence electrons. The van der Waals surface area contributed by atoms with E-state index in [0.29, 0.717) is 48.7 Å². The molecule has 8 heteroatoms. The maximum Gasteiger partial charge on any atom is 0.322 e. The van der Waals surface area contributed by atoms with Crippen molar-refractivity contribution in [3.63, 3.8) is 0 Å². The van der Waals surface area contributed by atoms with Crippen LogP contribution in [0.4, 0.5) is 10.5 Å². The van der Waals surface area contributed by atoms with Gasteiger partial charge in [0, 0.05) is 31.7 Å². The average Bonchev–Trinajstić information content (AvgIpc) is 3.00. The summed E-state index contributed by atoms with van der Waals surface area (Å²) in [6.45, 7) is 1.75. The molecule has 2 fully saturated rings. The molecule has 2 aliphatic heterocycles. The van der Waals surface area contributed by atoms with Crippen LogP contribution in [0.15, 0.2) is 18.2 Å². The molecule has 0 spiro atoms. The first-order valence-electron chi connectivity index (χ1n) is 7.84. The van der Waals surface area contributed by atoms with E-state index in [-0.39, 0.29) is 18.5 Å². The van der Waals surface area contributed by atoms with Crippen LogP contribution in [0.5, 0.6) is 0 Å². The summed E-state index contributed by atoms with van der Waals surface area (Å²) in [5, 5.41) is 12.2. The fraction of sp³-hybridized carbons (Fsp3) is 0.438. The minimum absolute atomic E-state index is 0.205. The number of nitrogens with zero attached hydrogens (tertiary/aromatic N) is 2. The molecular weight excluding hydrogens is 334 g/mol. The topological polar surface area (TPSA) is 89.9 Å². The molecule has 2 saturated heterocycles. The summed E-state index contributed by atoms with van der Waals surface area (Å²) in [6, 6.07) is 4.55. The van der Waals surface area contributed by atoms with Gasteiger partial charge in [0.25, 0.3) is 5.91 Å². The minimum atomic E-state index is -0.877. The van der Waals surface area contributed by atoms with Gasteiger partial charge in [0.15, 0.2) is 0 Å². The van der Waals surface area contributed by atoms with Crippen molar-refractivity contribution in [2.75, 3.05) is 31.1 Å². The second kappa shape index (κ2) is 6.68. The molecule has 2 N–H and O–H groups in total. The lowest BCUT2D eigenvalue weighted by Crippen LogP contribution is -2.42. The zero-order valence-corrected chi connectivity index (χ0v) is 13.8. The summed E-state index contributed by atoms with van der Waals surface area (Å²) in [4.78, 5) is 38.7. The maximum absolute atomic E-state index is 12.7. The van der Waals surface area contributed by atoms with E-state index < -0.39 is 11.9 Å². The number of carbonyl (C=O) groups excluding carboxylic acids is 2. The summed E-state index contributed by atoms with van der Waals surface area (Å²) >= 11 is 6.17. The van der Waals surface area contributed by atoms with Crippen molar-refractivity contribution in [1.29, 1.82) is 0 Å². The lowest BCUT2D eigenvalue weighted by Gasteiger charge is -2.31. The lowest BCUT2D eigenvalue weighted by atomic mass is 9.97. The predicted octanol–water partition coefficient (Wildman–Crippen LogP) is 1.81. The first kappa shape index (κ1) is 16.6. The van der Waals surface area contributed by atoms with Crippen molar-refractivity contribution in [2.24, 2.45) is 5.92 Å². The van der Waals surface area contributed by atoms with Crippen LogP contribution in [0.2, 0.25) is 5.02 Å². The highest BCUT2D eigenvalue weighted by Crippen LogP contribution is 2.29. The molecule has 2 heterocycles. The van der Waals surface area contributed by atoms with Crippen LogP contribution >= 0.6 is 11.6 Å². The Kier molecular flexibility index (Phi) is 4.62. The smallest absolute Gasteiger partial charge is 0.322 e. The molecule has 3 amide bonds. The molecule has 0 bridgehead atoms. The van der Waals surface area contributed by atoms with Gasteiger partial charge in [-0.15, -0.1) is 0 Å². The number of hydrogen-bond donors (Lipinski definition) is 2. The van der Waals surface area contributed by atoms with E-state index >= 15 is 0 Å². The molecule has 2 aliphatic rings. The second-order valence-corrected chi connectivity index (χ2v) is 6.39. The SMILES string of the molecule is O=C(O)C1CCCN(C(=O)c2ccc(Cl)c(N3CCNC3=O)c2)C1. The molecule has 1 aromatic rings. The van der Waals surface area contributed by atoms with Gasteiger partial charge >= 0.3 is 12.0 Å². The predicted molar refractivity (Wildman–Crippen MR) is 88.5 cm³/mol. The number of halogens is 1. The highest BCUT2D eigenvalue weighted by atomic mass is 35.5. The van der Waals surface area contributed by atoms with Gasteiger partial charge in [0.05, 0.1) is 16.6 Å². The number of benzene rings is 1. The van der Waals surface area contributed by atoms with Gasteiger partial charge in [-0.05, 0) is 31.0 Å². The molecule has 0 aliphatic carbocycles. The van der Waals surface area contributed by atoms with Crippen LogP contribution < -0.4 is 10.2 Å². The summed E-state index contributed by atoms with van der Waals surface area (Å²) in [7, 11) is 0. The molecule has 1 unspecified atom stereocenters. The Morgan fingerprint density at radius 1 is 1.29 bits per heavy atom. The third-order valence-electron chi connectivity index (χ3n) is 4.40. The van der Waals surface area contributed by atoms with Crippen LogP contribution in [0.3, 0.4) is 0 Å². The lowest BCUT2D eigenvalue weighted by molar-refractivity contribution is -0.143. The molecule has 0 saturated carbocycles. The van der Waals surface area contributed by atoms with E-state index in [4.69, 9.17) is 16.7 Å². The fourth-order valence-corrected chi connectivity index (χ4v) is 3.32. The van der Waals surface area contributed by atoms with E-state index in [1.165, 1.54) is 4.90 Å². The molecule has 1 atom stereocenters. The van der Waals surface area contributed by atoms with Gasteiger partial charge in [0.2, 0.25) is 0 Å². The van der Waals surface area contributed by atoms with E-state index in [2.05, 4.69) is 5.32 Å². The van der Waals surface area contributed by atoms with Crippen LogP contribution in [-0.2, 0) is 4.79 Å². The maximum atomic E-state index is 12.7. The van der Waals surface area contributed by atoms with Crippen molar-refractivity contribution in [3.05, 3.63) is 28.8 Å². The quantitative estimate of drug-likeness (QED) is 0.869. The summed E-state index contributed by atoms with van der Waals surface area (Å²) in [6.07, 6.45) is 1.25. The van der Waals surface area contributed by atoms with Gasteiger partial charge in [0.1, 0.15) is 0 Å². The molecule has 3 rings (SSSR count). The number of nitrogens with one attached hydrogen (secondary N) is 1. The Hall–Kier alpha value is -2.28. The number of aliphatic carboxylic acids is 1. The number of amides is 3. The standard InChI is InChI=1S/C16H18ClN3O4/c17-12-4-3-10(8-13(12)20-7-5-18-16(20)24)14(21)19-6-1-2-11(9-19)15(22)23/h3-4,8,11H,1-2,5-7,9H2,(H,18,24)(H,22,23). The van der Waals surface area contributed by atoms with Crippen molar-refractivity contribution in [3.8, 4) is 0 Å². The minimum Gasteiger partial charge on any atom is -0.481 e. The normalized spacial score (nSPS) is 20.9. The number of anilines is 1. The van der Waals surface area contributed by atoms with Crippen molar-refractivity contribution >= 4 is 35.2 Å². The van der Waals surface area contributed by atoms with Crippen molar-refractivity contribution in [2.45, 2.75) is 12.8 Å². The Morgan fingerprint density at radius 2 is 2.08 bits per heavy atom. The molecule has 1 aromatic carbocycles. The van der Waals surface area contributed by atoms with Gasteiger partial charge in [-0.1, -0.05) is 11.6 Å². The highest BCUT2D eigenvalue weighted by Gasteiger charge is 2.30. The number of carboxylic acid groups (broad SMARTS) is 1. The number of hydrogen-bond acceptors (Lipinski definition) is 3. The Bertz CT molecular complexity index is 694. The summed E-state index contributed by atoms with van der Waals surface area (Å²) in [5.41, 5.74) is 0.893. The molecular formula is C16H18ClN3O4. The first-order chi connectivity index (χ1) is 11.5. The van der Waals surface area contributed by atoms with Crippen molar-refractivity contribution < 1.29 is 19.5 Å². The number of piperidine rings is 1. The number of rotatable bonds is 3. The zero-order chi connectivity index (χ0) is 17.3. The second-order valence-electron chi connectivity index (χ2n) is 5.98. The number of carbonyl (C=O) groups is 3.